The Morgan fingerprint density at radius 2 is 1.68 bits per heavy atom. The summed E-state index contributed by atoms with van der Waals surface area (Å²) in [7, 11) is -0.185. The number of benzene rings is 1. The fraction of sp³-hybridized carbons (Fsp3) is 0.556. The first-order valence-electron chi connectivity index (χ1n) is 8.05. The van der Waals surface area contributed by atoms with Crippen molar-refractivity contribution in [1.82, 2.24) is 0 Å². The number of allylic oxidation sites excluding steroid dienone is 1. The van der Waals surface area contributed by atoms with Crippen LogP contribution in [0.15, 0.2) is 41.9 Å². The molecule has 0 spiro atoms. The number of hydrogen-bond donors (Lipinski definition) is 0. The molecule has 1 aliphatic carbocycles. The van der Waals surface area contributed by atoms with Crippen LogP contribution in [-0.2, 0) is 20.7 Å². The second-order valence-corrected chi connectivity index (χ2v) is 7.29. The van der Waals surface area contributed by atoms with E-state index in [2.05, 4.69) is 45.9 Å². The van der Waals surface area contributed by atoms with Gasteiger partial charge in [0.2, 0.25) is 0 Å². The molecule has 3 rings (SSSR count). The number of ether oxygens (including phenoxy) is 1. The Bertz CT molecular complexity index is 535. The standard InChI is InChI=1S/C18H25BO3/c1-17(2)18(3,4)22-19(21-17)16-10-15(11-16)13-20-12-14-8-6-5-7-9-14/h5-10,15H,11-13H2,1-4H3. The zero-order valence-electron chi connectivity index (χ0n) is 14.0. The van der Waals surface area contributed by atoms with Crippen LogP contribution in [0.5, 0.6) is 0 Å². The zero-order chi connectivity index (χ0) is 15.8. The van der Waals surface area contributed by atoms with E-state index in [4.69, 9.17) is 14.0 Å². The smallest absolute Gasteiger partial charge is 0.400 e. The van der Waals surface area contributed by atoms with E-state index in [1.807, 2.05) is 18.2 Å². The molecule has 0 N–H and O–H groups in total. The van der Waals surface area contributed by atoms with Gasteiger partial charge in [-0.1, -0.05) is 36.4 Å². The summed E-state index contributed by atoms with van der Waals surface area (Å²) >= 11 is 0. The third-order valence-electron chi connectivity index (χ3n) is 4.95. The summed E-state index contributed by atoms with van der Waals surface area (Å²) in [5.41, 5.74) is 1.96. The molecule has 1 aliphatic heterocycles. The zero-order valence-corrected chi connectivity index (χ0v) is 14.0. The van der Waals surface area contributed by atoms with Crippen molar-refractivity contribution in [3.8, 4) is 0 Å². The Labute approximate surface area is 133 Å². The first kappa shape index (κ1) is 15.8. The van der Waals surface area contributed by atoms with Gasteiger partial charge >= 0.3 is 7.12 Å². The first-order chi connectivity index (χ1) is 10.4. The van der Waals surface area contributed by atoms with E-state index in [0.29, 0.717) is 12.5 Å². The van der Waals surface area contributed by atoms with E-state index >= 15 is 0 Å². The van der Waals surface area contributed by atoms with Crippen molar-refractivity contribution >= 4 is 7.12 Å². The fourth-order valence-electron chi connectivity index (χ4n) is 2.75. The topological polar surface area (TPSA) is 27.7 Å². The molecule has 1 saturated heterocycles. The Kier molecular flexibility index (Phi) is 4.19. The molecule has 1 aromatic rings. The molecule has 0 saturated carbocycles. The lowest BCUT2D eigenvalue weighted by molar-refractivity contribution is 0.00578. The third-order valence-corrected chi connectivity index (χ3v) is 4.95. The number of hydrogen-bond acceptors (Lipinski definition) is 3. The summed E-state index contributed by atoms with van der Waals surface area (Å²) in [4.78, 5) is 0. The van der Waals surface area contributed by atoms with Crippen LogP contribution in [0.3, 0.4) is 0 Å². The van der Waals surface area contributed by atoms with E-state index in [0.717, 1.165) is 13.0 Å². The summed E-state index contributed by atoms with van der Waals surface area (Å²) in [5, 5.41) is 0. The Morgan fingerprint density at radius 1 is 1.09 bits per heavy atom. The summed E-state index contributed by atoms with van der Waals surface area (Å²) in [5.74, 6) is 0.484. The first-order valence-corrected chi connectivity index (χ1v) is 8.05. The van der Waals surface area contributed by atoms with Crippen LogP contribution in [0.4, 0.5) is 0 Å². The minimum absolute atomic E-state index is 0.185. The SMILES string of the molecule is CC1(C)OB(C2=CC(COCc3ccccc3)C2)OC1(C)C. The van der Waals surface area contributed by atoms with Gasteiger partial charge in [0.15, 0.2) is 0 Å². The molecule has 1 fully saturated rings. The monoisotopic (exact) mass is 300 g/mol. The molecule has 2 aliphatic rings. The molecule has 0 aromatic heterocycles. The molecule has 3 nitrogen and oxygen atoms in total. The van der Waals surface area contributed by atoms with Gasteiger partial charge in [-0.15, -0.1) is 0 Å². The van der Waals surface area contributed by atoms with Crippen molar-refractivity contribution < 1.29 is 14.0 Å². The van der Waals surface area contributed by atoms with Gasteiger partial charge in [-0.05, 0) is 45.2 Å². The van der Waals surface area contributed by atoms with Gasteiger partial charge in [0.1, 0.15) is 0 Å². The van der Waals surface area contributed by atoms with Crippen LogP contribution in [0.1, 0.15) is 39.7 Å². The van der Waals surface area contributed by atoms with E-state index in [1.165, 1.54) is 11.0 Å². The van der Waals surface area contributed by atoms with Gasteiger partial charge in [-0.3, -0.25) is 0 Å². The van der Waals surface area contributed by atoms with Gasteiger partial charge in [0.25, 0.3) is 0 Å². The highest BCUT2D eigenvalue weighted by molar-refractivity contribution is 6.55. The molecule has 0 amide bonds. The summed E-state index contributed by atoms with van der Waals surface area (Å²) in [6.45, 7) is 9.80. The maximum Gasteiger partial charge on any atom is 0.490 e. The summed E-state index contributed by atoms with van der Waals surface area (Å²) in [6, 6.07) is 10.3. The maximum atomic E-state index is 6.06. The van der Waals surface area contributed by atoms with Gasteiger partial charge in [-0.25, -0.2) is 0 Å². The van der Waals surface area contributed by atoms with Gasteiger partial charge in [0, 0.05) is 5.92 Å². The second kappa shape index (κ2) is 5.84. The largest absolute Gasteiger partial charge is 0.490 e. The minimum Gasteiger partial charge on any atom is -0.400 e. The quantitative estimate of drug-likeness (QED) is 0.775. The Balaban J connectivity index is 1.45. The lowest BCUT2D eigenvalue weighted by atomic mass is 9.66. The van der Waals surface area contributed by atoms with Gasteiger partial charge < -0.3 is 14.0 Å². The third kappa shape index (κ3) is 3.14. The average Bonchev–Trinajstić information content (AvgIpc) is 2.62. The molecule has 4 heteroatoms. The summed E-state index contributed by atoms with van der Waals surface area (Å²) < 4.78 is 17.9. The van der Waals surface area contributed by atoms with Gasteiger partial charge in [0.05, 0.1) is 24.4 Å². The molecule has 1 atom stereocenters. The molecule has 0 bridgehead atoms. The predicted octanol–water partition coefficient (Wildman–Crippen LogP) is 3.78. The fourth-order valence-corrected chi connectivity index (χ4v) is 2.75. The highest BCUT2D eigenvalue weighted by Gasteiger charge is 2.53. The molecular formula is C18H25BO3. The molecule has 1 aromatic carbocycles. The van der Waals surface area contributed by atoms with Crippen LogP contribution >= 0.6 is 0 Å². The van der Waals surface area contributed by atoms with Crippen LogP contribution < -0.4 is 0 Å². The lowest BCUT2D eigenvalue weighted by Crippen LogP contribution is -2.41. The van der Waals surface area contributed by atoms with Crippen molar-refractivity contribution in [2.24, 2.45) is 5.92 Å². The molecule has 0 radical (unpaired) electrons. The van der Waals surface area contributed by atoms with Crippen molar-refractivity contribution in [1.29, 1.82) is 0 Å². The molecule has 22 heavy (non-hydrogen) atoms. The highest BCUT2D eigenvalue weighted by atomic mass is 16.7. The summed E-state index contributed by atoms with van der Waals surface area (Å²) in [6.07, 6.45) is 3.25. The van der Waals surface area contributed by atoms with Crippen molar-refractivity contribution in [2.75, 3.05) is 6.61 Å². The van der Waals surface area contributed by atoms with Crippen LogP contribution in [0, 0.1) is 5.92 Å². The average molecular weight is 300 g/mol. The van der Waals surface area contributed by atoms with Crippen LogP contribution in [0.25, 0.3) is 0 Å². The molecule has 1 heterocycles. The minimum atomic E-state index is -0.257. The normalized spacial score (nSPS) is 25.7. The molecule has 118 valence electrons. The molecular weight excluding hydrogens is 275 g/mol. The van der Waals surface area contributed by atoms with Crippen molar-refractivity contribution in [2.45, 2.75) is 51.9 Å². The molecule has 1 unspecified atom stereocenters. The predicted molar refractivity (Wildman–Crippen MR) is 88.4 cm³/mol. The Hall–Kier alpha value is -1.10. The van der Waals surface area contributed by atoms with E-state index in [-0.39, 0.29) is 18.3 Å². The van der Waals surface area contributed by atoms with Gasteiger partial charge in [-0.2, -0.15) is 0 Å². The van der Waals surface area contributed by atoms with E-state index < -0.39 is 0 Å². The Morgan fingerprint density at radius 3 is 2.27 bits per heavy atom. The second-order valence-electron chi connectivity index (χ2n) is 7.29. The van der Waals surface area contributed by atoms with Crippen molar-refractivity contribution in [3.05, 3.63) is 47.4 Å². The van der Waals surface area contributed by atoms with E-state index in [1.54, 1.807) is 0 Å². The van der Waals surface area contributed by atoms with Crippen molar-refractivity contribution in [3.63, 3.8) is 0 Å². The number of rotatable bonds is 5. The lowest BCUT2D eigenvalue weighted by Gasteiger charge is -2.32. The van der Waals surface area contributed by atoms with Crippen LogP contribution in [-0.4, -0.2) is 24.9 Å². The maximum absolute atomic E-state index is 6.06. The van der Waals surface area contributed by atoms with Crippen LogP contribution in [0.2, 0.25) is 0 Å². The highest BCUT2D eigenvalue weighted by Crippen LogP contribution is 2.42. The van der Waals surface area contributed by atoms with E-state index in [9.17, 15) is 0 Å².